The standard InChI is InChI=1S/C13H14F3NO2/c1-3-19-12(18)11(13(14,15)16)17-9(2)10-7-5-4-6-8-10/h4-9H,3H2,1-2H3/t9-/m0/s1. The van der Waals surface area contributed by atoms with Crippen molar-refractivity contribution < 1.29 is 22.7 Å². The third-order valence-corrected chi connectivity index (χ3v) is 2.34. The molecule has 0 fully saturated rings. The molecular formula is C13H14F3NO2. The molecule has 0 aromatic heterocycles. The maximum Gasteiger partial charge on any atom is 0.440 e. The topological polar surface area (TPSA) is 38.7 Å². The Morgan fingerprint density at radius 1 is 1.32 bits per heavy atom. The highest BCUT2D eigenvalue weighted by atomic mass is 19.4. The average Bonchev–Trinajstić information content (AvgIpc) is 2.35. The summed E-state index contributed by atoms with van der Waals surface area (Å²) in [5, 5.41) is 0. The molecule has 19 heavy (non-hydrogen) atoms. The van der Waals surface area contributed by atoms with Crippen molar-refractivity contribution in [1.82, 2.24) is 0 Å². The molecule has 3 nitrogen and oxygen atoms in total. The molecule has 1 aromatic rings. The zero-order valence-electron chi connectivity index (χ0n) is 10.6. The van der Waals surface area contributed by atoms with Gasteiger partial charge in [0.25, 0.3) is 0 Å². The van der Waals surface area contributed by atoms with Crippen molar-refractivity contribution in [1.29, 1.82) is 0 Å². The van der Waals surface area contributed by atoms with E-state index in [1.807, 2.05) is 0 Å². The van der Waals surface area contributed by atoms with E-state index in [2.05, 4.69) is 9.73 Å². The number of nitrogens with zero attached hydrogens (tertiary/aromatic N) is 1. The van der Waals surface area contributed by atoms with Crippen molar-refractivity contribution in [2.45, 2.75) is 26.1 Å². The Morgan fingerprint density at radius 3 is 2.37 bits per heavy atom. The third-order valence-electron chi connectivity index (χ3n) is 2.34. The van der Waals surface area contributed by atoms with Gasteiger partial charge in [0.2, 0.25) is 5.71 Å². The summed E-state index contributed by atoms with van der Waals surface area (Å²) in [6.07, 6.45) is -4.82. The van der Waals surface area contributed by atoms with Crippen molar-refractivity contribution in [2.75, 3.05) is 6.61 Å². The largest absolute Gasteiger partial charge is 0.461 e. The first-order valence-corrected chi connectivity index (χ1v) is 5.73. The monoisotopic (exact) mass is 273 g/mol. The highest BCUT2D eigenvalue weighted by Crippen LogP contribution is 2.23. The minimum atomic E-state index is -4.82. The van der Waals surface area contributed by atoms with Crippen LogP contribution in [-0.2, 0) is 9.53 Å². The number of alkyl halides is 3. The van der Waals surface area contributed by atoms with E-state index < -0.39 is 23.9 Å². The first kappa shape index (κ1) is 15.2. The Morgan fingerprint density at radius 2 is 1.89 bits per heavy atom. The van der Waals surface area contributed by atoms with E-state index in [1.165, 1.54) is 13.8 Å². The summed E-state index contributed by atoms with van der Waals surface area (Å²) in [5.41, 5.74) is -0.917. The highest BCUT2D eigenvalue weighted by molar-refractivity contribution is 6.38. The third kappa shape index (κ3) is 4.39. The fourth-order valence-electron chi connectivity index (χ4n) is 1.44. The second kappa shape index (κ2) is 6.36. The lowest BCUT2D eigenvalue weighted by Crippen LogP contribution is -2.33. The van der Waals surface area contributed by atoms with Crippen LogP contribution >= 0.6 is 0 Å². The maximum atomic E-state index is 12.7. The van der Waals surface area contributed by atoms with Crippen molar-refractivity contribution in [3.8, 4) is 0 Å². The Kier molecular flexibility index (Phi) is 5.09. The van der Waals surface area contributed by atoms with Crippen LogP contribution in [0.25, 0.3) is 0 Å². The number of hydrogen-bond donors (Lipinski definition) is 0. The Labute approximate surface area is 109 Å². The van der Waals surface area contributed by atoms with Gasteiger partial charge in [0, 0.05) is 0 Å². The molecule has 1 atom stereocenters. The number of aliphatic imine (C=N–C) groups is 1. The molecule has 1 aromatic carbocycles. The van der Waals surface area contributed by atoms with Gasteiger partial charge in [-0.15, -0.1) is 0 Å². The van der Waals surface area contributed by atoms with Crippen LogP contribution in [0.1, 0.15) is 25.5 Å². The van der Waals surface area contributed by atoms with Crippen LogP contribution in [0.15, 0.2) is 35.3 Å². The maximum absolute atomic E-state index is 12.7. The van der Waals surface area contributed by atoms with Gasteiger partial charge in [-0.25, -0.2) is 4.79 Å². The van der Waals surface area contributed by atoms with Crippen molar-refractivity contribution in [3.05, 3.63) is 35.9 Å². The van der Waals surface area contributed by atoms with Crippen LogP contribution in [0.2, 0.25) is 0 Å². The summed E-state index contributed by atoms with van der Waals surface area (Å²) >= 11 is 0. The molecule has 104 valence electrons. The van der Waals surface area contributed by atoms with Gasteiger partial charge < -0.3 is 4.74 Å². The zero-order chi connectivity index (χ0) is 14.5. The van der Waals surface area contributed by atoms with E-state index in [9.17, 15) is 18.0 Å². The molecular weight excluding hydrogens is 259 g/mol. The lowest BCUT2D eigenvalue weighted by Gasteiger charge is -2.13. The Bertz CT molecular complexity index is 455. The summed E-state index contributed by atoms with van der Waals surface area (Å²) in [6.45, 7) is 2.79. The van der Waals surface area contributed by atoms with Gasteiger partial charge in [0.05, 0.1) is 12.6 Å². The highest BCUT2D eigenvalue weighted by Gasteiger charge is 2.42. The molecule has 0 saturated heterocycles. The Balaban J connectivity index is 3.04. The van der Waals surface area contributed by atoms with Crippen LogP contribution in [0.5, 0.6) is 0 Å². The van der Waals surface area contributed by atoms with Crippen LogP contribution in [-0.4, -0.2) is 24.5 Å². The minimum absolute atomic E-state index is 0.131. The van der Waals surface area contributed by atoms with E-state index in [1.54, 1.807) is 30.3 Å². The number of carbonyl (C=O) groups is 1. The fraction of sp³-hybridized carbons (Fsp3) is 0.385. The summed E-state index contributed by atoms with van der Waals surface area (Å²) < 4.78 is 42.6. The average molecular weight is 273 g/mol. The van der Waals surface area contributed by atoms with Gasteiger partial charge in [0.15, 0.2) is 0 Å². The van der Waals surface area contributed by atoms with Gasteiger partial charge in [-0.1, -0.05) is 30.3 Å². The SMILES string of the molecule is CCOC(=O)C(=N[C@@H](C)c1ccccc1)C(F)(F)F. The van der Waals surface area contributed by atoms with Crippen molar-refractivity contribution >= 4 is 11.7 Å². The summed E-state index contributed by atoms with van der Waals surface area (Å²) in [4.78, 5) is 14.7. The molecule has 0 aliphatic heterocycles. The second-order valence-corrected chi connectivity index (χ2v) is 3.78. The van der Waals surface area contributed by atoms with Crippen LogP contribution in [0.3, 0.4) is 0 Å². The van der Waals surface area contributed by atoms with Crippen LogP contribution in [0.4, 0.5) is 13.2 Å². The molecule has 0 saturated carbocycles. The van der Waals surface area contributed by atoms with Crippen molar-refractivity contribution in [3.63, 3.8) is 0 Å². The van der Waals surface area contributed by atoms with Crippen LogP contribution in [0, 0.1) is 0 Å². The number of carbonyl (C=O) groups excluding carboxylic acids is 1. The van der Waals surface area contributed by atoms with E-state index in [0.717, 1.165) is 0 Å². The number of halogens is 3. The number of esters is 1. The molecule has 0 N–H and O–H groups in total. The first-order valence-electron chi connectivity index (χ1n) is 5.73. The molecule has 0 spiro atoms. The predicted octanol–water partition coefficient (Wildman–Crippen LogP) is 3.31. The fourth-order valence-corrected chi connectivity index (χ4v) is 1.44. The van der Waals surface area contributed by atoms with E-state index in [4.69, 9.17) is 0 Å². The number of ether oxygens (including phenoxy) is 1. The van der Waals surface area contributed by atoms with Crippen molar-refractivity contribution in [2.24, 2.45) is 4.99 Å². The van der Waals surface area contributed by atoms with E-state index >= 15 is 0 Å². The molecule has 0 radical (unpaired) electrons. The molecule has 6 heteroatoms. The smallest absolute Gasteiger partial charge is 0.440 e. The molecule has 0 aliphatic carbocycles. The molecule has 0 heterocycles. The van der Waals surface area contributed by atoms with Crippen LogP contribution < -0.4 is 0 Å². The zero-order valence-corrected chi connectivity index (χ0v) is 10.6. The second-order valence-electron chi connectivity index (χ2n) is 3.78. The number of hydrogen-bond acceptors (Lipinski definition) is 3. The predicted molar refractivity (Wildman–Crippen MR) is 65.0 cm³/mol. The number of rotatable bonds is 4. The van der Waals surface area contributed by atoms with Gasteiger partial charge in [-0.3, -0.25) is 4.99 Å². The number of benzene rings is 1. The lowest BCUT2D eigenvalue weighted by atomic mass is 10.1. The van der Waals surface area contributed by atoms with Gasteiger partial charge >= 0.3 is 12.1 Å². The molecule has 0 bridgehead atoms. The molecule has 0 amide bonds. The molecule has 1 rings (SSSR count). The minimum Gasteiger partial charge on any atom is -0.461 e. The van der Waals surface area contributed by atoms with Gasteiger partial charge in [-0.05, 0) is 19.4 Å². The quantitative estimate of drug-likeness (QED) is 0.623. The van der Waals surface area contributed by atoms with E-state index in [0.29, 0.717) is 5.56 Å². The van der Waals surface area contributed by atoms with Gasteiger partial charge in [0.1, 0.15) is 0 Å². The normalized spacial score (nSPS) is 14.1. The molecule has 0 unspecified atom stereocenters. The summed E-state index contributed by atoms with van der Waals surface area (Å²) in [7, 11) is 0. The lowest BCUT2D eigenvalue weighted by molar-refractivity contribution is -0.139. The Hall–Kier alpha value is -1.85. The summed E-state index contributed by atoms with van der Waals surface area (Å²) in [5.74, 6) is -1.45. The summed E-state index contributed by atoms with van der Waals surface area (Å²) in [6, 6.07) is 7.65. The first-order chi connectivity index (χ1) is 8.86. The van der Waals surface area contributed by atoms with Gasteiger partial charge in [-0.2, -0.15) is 13.2 Å². The van der Waals surface area contributed by atoms with E-state index in [-0.39, 0.29) is 6.61 Å². The molecule has 0 aliphatic rings.